The number of carbonyl (C=O) groups is 3. The lowest BCUT2D eigenvalue weighted by molar-refractivity contribution is -0.141. The maximum absolute atomic E-state index is 14.2. The van der Waals surface area contributed by atoms with E-state index in [9.17, 15) is 19.6 Å². The van der Waals surface area contributed by atoms with Crippen LogP contribution < -0.4 is 10.6 Å². The second-order valence-electron chi connectivity index (χ2n) is 11.3. The Balaban J connectivity index is 1.63. The molecule has 1 fully saturated rings. The quantitative estimate of drug-likeness (QED) is 0.265. The molecule has 238 valence electrons. The zero-order valence-corrected chi connectivity index (χ0v) is 27.4. The first-order valence-electron chi connectivity index (χ1n) is 15.1. The Morgan fingerprint density at radius 1 is 1.09 bits per heavy atom. The highest BCUT2D eigenvalue weighted by atomic mass is 35.5. The van der Waals surface area contributed by atoms with Gasteiger partial charge in [0.1, 0.15) is 12.1 Å². The van der Waals surface area contributed by atoms with Crippen molar-refractivity contribution in [2.75, 3.05) is 53.4 Å². The molecule has 0 aliphatic carbocycles. The van der Waals surface area contributed by atoms with E-state index in [-0.39, 0.29) is 30.8 Å². The summed E-state index contributed by atoms with van der Waals surface area (Å²) in [5.41, 5.74) is 0.984. The Kier molecular flexibility index (Phi) is 11.8. The average Bonchev–Trinajstić information content (AvgIpc) is 3.06. The number of benzene rings is 3. The summed E-state index contributed by atoms with van der Waals surface area (Å²) in [4.78, 5) is 43.3. The number of piperidine rings is 1. The van der Waals surface area contributed by atoms with Gasteiger partial charge >= 0.3 is 5.97 Å². The molecule has 3 aromatic carbocycles. The van der Waals surface area contributed by atoms with Crippen LogP contribution in [0.2, 0.25) is 10.0 Å². The number of nitrogens with one attached hydrogen (secondary N) is 2. The third-order valence-corrected chi connectivity index (χ3v) is 9.33. The number of likely N-dealkylation sites (N-methyl/N-ethyl adjacent to an activating group) is 2. The molecule has 9 nitrogen and oxygen atoms in total. The number of halogens is 2. The Bertz CT molecular complexity index is 1580. The zero-order valence-electron chi connectivity index (χ0n) is 25.9. The number of likely N-dealkylation sites (tertiary alicyclic amines) is 1. The maximum atomic E-state index is 14.2. The van der Waals surface area contributed by atoms with E-state index >= 15 is 0 Å². The van der Waals surface area contributed by atoms with Crippen LogP contribution in [-0.2, 0) is 14.3 Å². The molecular weight excluding hydrogens is 613 g/mol. The van der Waals surface area contributed by atoms with Crippen LogP contribution in [0.5, 0.6) is 0 Å². The molecule has 0 aromatic heterocycles. The van der Waals surface area contributed by atoms with E-state index in [2.05, 4.69) is 21.6 Å². The number of ether oxygens (including phenoxy) is 1. The van der Waals surface area contributed by atoms with Gasteiger partial charge in [-0.3, -0.25) is 14.4 Å². The molecule has 0 bridgehead atoms. The van der Waals surface area contributed by atoms with E-state index < -0.39 is 11.5 Å². The van der Waals surface area contributed by atoms with E-state index in [4.69, 9.17) is 27.9 Å². The highest BCUT2D eigenvalue weighted by molar-refractivity contribution is 6.42. The smallest absolute Gasteiger partial charge is 0.325 e. The lowest BCUT2D eigenvalue weighted by atomic mass is 9.86. The number of methoxy groups -OCH3 is 1. The van der Waals surface area contributed by atoms with E-state index in [0.717, 1.165) is 24.0 Å². The Hall–Kier alpha value is -3.68. The molecule has 4 rings (SSSR count). The van der Waals surface area contributed by atoms with Crippen LogP contribution in [0.25, 0.3) is 10.8 Å². The van der Waals surface area contributed by atoms with Crippen molar-refractivity contribution in [2.24, 2.45) is 0 Å². The van der Waals surface area contributed by atoms with Gasteiger partial charge in [-0.2, -0.15) is 5.26 Å². The molecule has 1 atom stereocenters. The summed E-state index contributed by atoms with van der Waals surface area (Å²) < 4.78 is 4.97. The van der Waals surface area contributed by atoms with Gasteiger partial charge in [0.15, 0.2) is 0 Å². The molecule has 11 heteroatoms. The lowest BCUT2D eigenvalue weighted by Gasteiger charge is -2.41. The van der Waals surface area contributed by atoms with Crippen LogP contribution in [0.15, 0.2) is 54.6 Å². The summed E-state index contributed by atoms with van der Waals surface area (Å²) in [6.07, 6.45) is 2.00. The van der Waals surface area contributed by atoms with Crippen molar-refractivity contribution in [1.82, 2.24) is 20.4 Å². The molecule has 2 N–H and O–H groups in total. The number of nitrogens with zero attached hydrogens (tertiary/aromatic N) is 3. The van der Waals surface area contributed by atoms with E-state index in [0.29, 0.717) is 58.9 Å². The van der Waals surface area contributed by atoms with Gasteiger partial charge in [-0.25, -0.2) is 0 Å². The average molecular weight is 653 g/mol. The molecule has 1 aliphatic rings. The van der Waals surface area contributed by atoms with Gasteiger partial charge in [-0.1, -0.05) is 60.5 Å². The predicted octanol–water partition coefficient (Wildman–Crippen LogP) is 5.00. The molecule has 1 saturated heterocycles. The van der Waals surface area contributed by atoms with Crippen molar-refractivity contribution in [1.29, 1.82) is 5.26 Å². The van der Waals surface area contributed by atoms with Crippen molar-refractivity contribution >= 4 is 51.8 Å². The summed E-state index contributed by atoms with van der Waals surface area (Å²) in [7, 11) is 2.95. The largest absolute Gasteiger partial charge is 0.468 e. The molecule has 0 saturated carbocycles. The Morgan fingerprint density at radius 2 is 1.82 bits per heavy atom. The number of fused-ring (bicyclic) bond motifs is 1. The highest BCUT2D eigenvalue weighted by Crippen LogP contribution is 2.31. The number of esters is 1. The zero-order chi connectivity index (χ0) is 32.6. The van der Waals surface area contributed by atoms with Crippen LogP contribution in [0.3, 0.4) is 0 Å². The maximum Gasteiger partial charge on any atom is 0.325 e. The number of carbonyl (C=O) groups excluding carboxylic acids is 3. The standard InChI is InChI=1S/C34H39Cl2N5O4/c1-4-39-34(33(44)38-2)12-15-40(16-13-34)14-11-26(24-9-10-29(35)30(36)19-24)21-41(22-31(42)45-3)32(43)28-18-23(20-37)17-25-7-5-6-8-27(25)28/h5-10,17-19,26,39H,4,11-16,21-22H2,1-3H3,(H,38,44). The summed E-state index contributed by atoms with van der Waals surface area (Å²) in [5.74, 6) is -1.14. The number of amides is 2. The van der Waals surface area contributed by atoms with Crippen LogP contribution in [0.1, 0.15) is 53.6 Å². The molecule has 1 unspecified atom stereocenters. The molecular formula is C34H39Cl2N5O4. The summed E-state index contributed by atoms with van der Waals surface area (Å²) in [5, 5.41) is 18.1. The molecule has 0 spiro atoms. The molecule has 0 radical (unpaired) electrons. The number of rotatable bonds is 12. The number of hydrogen-bond acceptors (Lipinski definition) is 7. The predicted molar refractivity (Wildman–Crippen MR) is 177 cm³/mol. The van der Waals surface area contributed by atoms with Gasteiger partial charge in [-0.05, 0) is 73.0 Å². The minimum atomic E-state index is -0.590. The van der Waals surface area contributed by atoms with Crippen molar-refractivity contribution < 1.29 is 19.1 Å². The third-order valence-electron chi connectivity index (χ3n) is 8.59. The van der Waals surface area contributed by atoms with Crippen LogP contribution >= 0.6 is 23.2 Å². The first kappa shape index (κ1) is 34.2. The van der Waals surface area contributed by atoms with Crippen molar-refractivity contribution in [2.45, 2.75) is 37.6 Å². The summed E-state index contributed by atoms with van der Waals surface area (Å²) >= 11 is 12.7. The van der Waals surface area contributed by atoms with E-state index in [1.807, 2.05) is 37.3 Å². The summed E-state index contributed by atoms with van der Waals surface area (Å²) in [6, 6.07) is 18.2. The molecule has 1 heterocycles. The first-order valence-corrected chi connectivity index (χ1v) is 15.8. The molecule has 1 aliphatic heterocycles. The van der Waals surface area contributed by atoms with Gasteiger partial charge in [0.05, 0.1) is 28.8 Å². The second-order valence-corrected chi connectivity index (χ2v) is 12.1. The minimum Gasteiger partial charge on any atom is -0.468 e. The first-order chi connectivity index (χ1) is 21.6. The SMILES string of the molecule is CCNC1(C(=O)NC)CCN(CCC(CN(CC(=O)OC)C(=O)c2cc(C#N)cc3ccccc23)c2ccc(Cl)c(Cl)c2)CC1. The fraction of sp³-hybridized carbons (Fsp3) is 0.412. The Morgan fingerprint density at radius 3 is 2.47 bits per heavy atom. The van der Waals surface area contributed by atoms with Gasteiger partial charge in [-0.15, -0.1) is 0 Å². The van der Waals surface area contributed by atoms with Crippen LogP contribution in [0.4, 0.5) is 0 Å². The van der Waals surface area contributed by atoms with Gasteiger partial charge < -0.3 is 25.2 Å². The van der Waals surface area contributed by atoms with Gasteiger partial charge in [0.2, 0.25) is 5.91 Å². The topological polar surface area (TPSA) is 115 Å². The van der Waals surface area contributed by atoms with Crippen molar-refractivity contribution in [3.8, 4) is 6.07 Å². The molecule has 3 aromatic rings. The van der Waals surface area contributed by atoms with E-state index in [1.54, 1.807) is 31.3 Å². The van der Waals surface area contributed by atoms with Crippen molar-refractivity contribution in [3.05, 3.63) is 81.3 Å². The lowest BCUT2D eigenvalue weighted by Crippen LogP contribution is -2.61. The molecule has 2 amide bonds. The number of nitriles is 1. The molecule has 45 heavy (non-hydrogen) atoms. The normalized spacial score (nSPS) is 15.2. The number of hydrogen-bond donors (Lipinski definition) is 2. The van der Waals surface area contributed by atoms with Crippen LogP contribution in [0, 0.1) is 11.3 Å². The van der Waals surface area contributed by atoms with Gasteiger partial charge in [0.25, 0.3) is 5.91 Å². The fourth-order valence-corrected chi connectivity index (χ4v) is 6.42. The van der Waals surface area contributed by atoms with Gasteiger partial charge in [0, 0.05) is 38.2 Å². The van der Waals surface area contributed by atoms with Crippen molar-refractivity contribution in [3.63, 3.8) is 0 Å². The fourth-order valence-electron chi connectivity index (χ4n) is 6.12. The third kappa shape index (κ3) is 8.13. The van der Waals surface area contributed by atoms with E-state index in [1.165, 1.54) is 12.0 Å². The summed E-state index contributed by atoms with van der Waals surface area (Å²) in [6.45, 7) is 4.79. The highest BCUT2D eigenvalue weighted by Gasteiger charge is 2.40. The monoisotopic (exact) mass is 651 g/mol. The van der Waals surface area contributed by atoms with Crippen LogP contribution in [-0.4, -0.2) is 86.5 Å². The minimum absolute atomic E-state index is 0.00244. The Labute approximate surface area is 274 Å². The second kappa shape index (κ2) is 15.5.